The molecule has 0 aromatic rings. The smallest absolute Gasteiger partial charge is 0.145 e. The van der Waals surface area contributed by atoms with Crippen molar-refractivity contribution in [1.82, 2.24) is 0 Å². The number of carbonyl (C=O) groups is 1. The van der Waals surface area contributed by atoms with Gasteiger partial charge in [-0.15, -0.1) is 0 Å². The van der Waals surface area contributed by atoms with Gasteiger partial charge >= 0.3 is 0 Å². The Bertz CT molecular complexity index is 110. The molecular formula is C8H16OS. The van der Waals surface area contributed by atoms with Crippen molar-refractivity contribution >= 4 is 17.5 Å². The minimum Gasteiger partial charge on any atom is -0.298 e. The number of thioether (sulfide) groups is 1. The lowest BCUT2D eigenvalue weighted by Crippen LogP contribution is -2.18. The van der Waals surface area contributed by atoms with E-state index in [1.165, 1.54) is 0 Å². The molecule has 0 saturated carbocycles. The molecule has 10 heavy (non-hydrogen) atoms. The Morgan fingerprint density at radius 1 is 1.40 bits per heavy atom. The highest BCUT2D eigenvalue weighted by Crippen LogP contribution is 2.12. The quantitative estimate of drug-likeness (QED) is 0.627. The van der Waals surface area contributed by atoms with Gasteiger partial charge in [-0.1, -0.05) is 20.8 Å². The standard InChI is InChI=1S/C8H16OS/c1-6(2)7(3)8(9)5-10-4/h6-7H,5H2,1-4H3. The lowest BCUT2D eigenvalue weighted by atomic mass is 9.95. The maximum Gasteiger partial charge on any atom is 0.145 e. The van der Waals surface area contributed by atoms with Gasteiger partial charge in [-0.3, -0.25) is 4.79 Å². The molecule has 1 atom stereocenters. The average Bonchev–Trinajstić information content (AvgIpc) is 1.87. The van der Waals surface area contributed by atoms with E-state index in [4.69, 9.17) is 0 Å². The number of hydrogen-bond acceptors (Lipinski definition) is 2. The van der Waals surface area contributed by atoms with Gasteiger partial charge in [0.05, 0.1) is 5.75 Å². The van der Waals surface area contributed by atoms with Crippen LogP contribution in [-0.4, -0.2) is 17.8 Å². The van der Waals surface area contributed by atoms with Crippen LogP contribution < -0.4 is 0 Å². The Kier molecular flexibility index (Phi) is 4.79. The molecule has 0 rings (SSSR count). The fourth-order valence-corrected chi connectivity index (χ4v) is 1.19. The van der Waals surface area contributed by atoms with Crippen LogP contribution in [0, 0.1) is 11.8 Å². The Morgan fingerprint density at radius 2 is 1.90 bits per heavy atom. The van der Waals surface area contributed by atoms with Crippen molar-refractivity contribution in [2.75, 3.05) is 12.0 Å². The van der Waals surface area contributed by atoms with Crippen molar-refractivity contribution < 1.29 is 4.79 Å². The molecule has 0 bridgehead atoms. The number of ketones is 1. The summed E-state index contributed by atoms with van der Waals surface area (Å²) >= 11 is 1.61. The highest BCUT2D eigenvalue weighted by molar-refractivity contribution is 7.99. The second kappa shape index (κ2) is 4.78. The van der Waals surface area contributed by atoms with Gasteiger partial charge in [0.2, 0.25) is 0 Å². The monoisotopic (exact) mass is 160 g/mol. The van der Waals surface area contributed by atoms with Gasteiger partial charge in [0.15, 0.2) is 0 Å². The third-order valence-corrected chi connectivity index (χ3v) is 2.37. The summed E-state index contributed by atoms with van der Waals surface area (Å²) in [5, 5.41) is 0. The van der Waals surface area contributed by atoms with Crippen molar-refractivity contribution in [2.24, 2.45) is 11.8 Å². The van der Waals surface area contributed by atoms with E-state index < -0.39 is 0 Å². The first-order chi connectivity index (χ1) is 4.59. The van der Waals surface area contributed by atoms with Crippen LogP contribution in [-0.2, 0) is 4.79 Å². The number of Topliss-reactive ketones (excluding diaryl/α,β-unsaturated/α-hetero) is 1. The van der Waals surface area contributed by atoms with E-state index >= 15 is 0 Å². The van der Waals surface area contributed by atoms with Crippen molar-refractivity contribution in [1.29, 1.82) is 0 Å². The molecule has 1 unspecified atom stereocenters. The van der Waals surface area contributed by atoms with E-state index in [-0.39, 0.29) is 5.92 Å². The van der Waals surface area contributed by atoms with E-state index in [0.29, 0.717) is 17.5 Å². The fourth-order valence-electron chi connectivity index (χ4n) is 0.645. The van der Waals surface area contributed by atoms with Gasteiger partial charge in [-0.25, -0.2) is 0 Å². The highest BCUT2D eigenvalue weighted by Gasteiger charge is 2.14. The second-order valence-electron chi connectivity index (χ2n) is 2.93. The van der Waals surface area contributed by atoms with Gasteiger partial charge in [0, 0.05) is 5.92 Å². The van der Waals surface area contributed by atoms with Crippen LogP contribution in [0.5, 0.6) is 0 Å². The van der Waals surface area contributed by atoms with E-state index in [1.54, 1.807) is 11.8 Å². The molecule has 0 spiro atoms. The Labute approximate surface area is 67.6 Å². The van der Waals surface area contributed by atoms with Gasteiger partial charge in [0.25, 0.3) is 0 Å². The molecule has 0 aliphatic heterocycles. The minimum atomic E-state index is 0.229. The molecule has 0 radical (unpaired) electrons. The van der Waals surface area contributed by atoms with E-state index in [0.717, 1.165) is 0 Å². The van der Waals surface area contributed by atoms with Gasteiger partial charge in [-0.2, -0.15) is 11.8 Å². The lowest BCUT2D eigenvalue weighted by Gasteiger charge is -2.12. The summed E-state index contributed by atoms with van der Waals surface area (Å²) in [6.45, 7) is 6.18. The topological polar surface area (TPSA) is 17.1 Å². The van der Waals surface area contributed by atoms with Crippen LogP contribution in [0.15, 0.2) is 0 Å². The highest BCUT2D eigenvalue weighted by atomic mass is 32.2. The molecule has 60 valence electrons. The molecule has 0 heterocycles. The molecule has 0 N–H and O–H groups in total. The molecule has 0 amide bonds. The lowest BCUT2D eigenvalue weighted by molar-refractivity contribution is -0.120. The molecule has 0 aliphatic rings. The maximum atomic E-state index is 11.2. The first kappa shape index (κ1) is 10.0. The number of rotatable bonds is 4. The van der Waals surface area contributed by atoms with Crippen LogP contribution in [0.1, 0.15) is 20.8 Å². The predicted molar refractivity (Wildman–Crippen MR) is 47.4 cm³/mol. The van der Waals surface area contributed by atoms with Crippen LogP contribution in [0.25, 0.3) is 0 Å². The minimum absolute atomic E-state index is 0.229. The zero-order valence-corrected chi connectivity index (χ0v) is 7.99. The van der Waals surface area contributed by atoms with Crippen molar-refractivity contribution in [3.05, 3.63) is 0 Å². The van der Waals surface area contributed by atoms with Crippen molar-refractivity contribution in [3.8, 4) is 0 Å². The summed E-state index contributed by atoms with van der Waals surface area (Å²) < 4.78 is 0. The summed E-state index contributed by atoms with van der Waals surface area (Å²) in [6, 6.07) is 0. The van der Waals surface area contributed by atoms with Gasteiger partial charge in [-0.05, 0) is 12.2 Å². The van der Waals surface area contributed by atoms with Gasteiger partial charge in [0.1, 0.15) is 5.78 Å². The molecule has 0 saturated heterocycles. The number of carbonyl (C=O) groups excluding carboxylic acids is 1. The molecule has 1 nitrogen and oxygen atoms in total. The zero-order valence-electron chi connectivity index (χ0n) is 7.18. The first-order valence-corrected chi connectivity index (χ1v) is 5.00. The molecule has 0 aromatic carbocycles. The Hall–Kier alpha value is 0.0200. The van der Waals surface area contributed by atoms with E-state index in [2.05, 4.69) is 13.8 Å². The van der Waals surface area contributed by atoms with E-state index in [9.17, 15) is 4.79 Å². The summed E-state index contributed by atoms with van der Waals surface area (Å²) in [5.74, 6) is 1.76. The van der Waals surface area contributed by atoms with Crippen LogP contribution in [0.3, 0.4) is 0 Å². The Morgan fingerprint density at radius 3 is 2.20 bits per heavy atom. The van der Waals surface area contributed by atoms with E-state index in [1.807, 2.05) is 13.2 Å². The maximum absolute atomic E-state index is 11.2. The van der Waals surface area contributed by atoms with Crippen molar-refractivity contribution in [2.45, 2.75) is 20.8 Å². The molecule has 2 heteroatoms. The van der Waals surface area contributed by atoms with Crippen LogP contribution >= 0.6 is 11.8 Å². The first-order valence-electron chi connectivity index (χ1n) is 3.61. The largest absolute Gasteiger partial charge is 0.298 e. The molecule has 0 fully saturated rings. The predicted octanol–water partition coefficient (Wildman–Crippen LogP) is 2.21. The molecule has 0 aromatic heterocycles. The number of hydrogen-bond donors (Lipinski definition) is 0. The second-order valence-corrected chi connectivity index (χ2v) is 3.80. The van der Waals surface area contributed by atoms with Crippen LogP contribution in [0.4, 0.5) is 0 Å². The third kappa shape index (κ3) is 3.25. The normalized spacial score (nSPS) is 13.7. The molecule has 0 aliphatic carbocycles. The molecular weight excluding hydrogens is 144 g/mol. The Balaban J connectivity index is 3.71. The SMILES string of the molecule is CSCC(=O)C(C)C(C)C. The third-order valence-electron chi connectivity index (χ3n) is 1.79. The summed E-state index contributed by atoms with van der Waals surface area (Å²) in [5.41, 5.74) is 0. The summed E-state index contributed by atoms with van der Waals surface area (Å²) in [4.78, 5) is 11.2. The van der Waals surface area contributed by atoms with Crippen molar-refractivity contribution in [3.63, 3.8) is 0 Å². The summed E-state index contributed by atoms with van der Waals surface area (Å²) in [6.07, 6.45) is 1.96. The average molecular weight is 160 g/mol. The zero-order chi connectivity index (χ0) is 8.15. The summed E-state index contributed by atoms with van der Waals surface area (Å²) in [7, 11) is 0. The van der Waals surface area contributed by atoms with Gasteiger partial charge < -0.3 is 0 Å². The fraction of sp³-hybridized carbons (Fsp3) is 0.875. The van der Waals surface area contributed by atoms with Crippen LogP contribution in [0.2, 0.25) is 0 Å².